The van der Waals surface area contributed by atoms with Crippen LogP contribution < -0.4 is 11.1 Å². The van der Waals surface area contributed by atoms with Gasteiger partial charge in [0.2, 0.25) is 0 Å². The van der Waals surface area contributed by atoms with Crippen molar-refractivity contribution in [3.63, 3.8) is 0 Å². The molecule has 0 saturated heterocycles. The standard InChI is InChI=1S/C16H21FN4S/c17-11-3-1-10(2-4-11)5-14(19)21-15(22)20-13-8-16(9-13)6-12(18)7-16/h1-4,12-13H,5-9,18H2,(H3,19,20,21,22). The number of nitrogens with zero attached hydrogens (tertiary/aromatic N) is 1. The van der Waals surface area contributed by atoms with Gasteiger partial charge in [-0.05, 0) is 48.8 Å². The topological polar surface area (TPSA) is 74.3 Å². The molecule has 0 unspecified atom stereocenters. The van der Waals surface area contributed by atoms with Gasteiger partial charge in [-0.2, -0.15) is 0 Å². The number of rotatable bonds is 3. The third-order valence-corrected chi connectivity index (χ3v) is 4.84. The number of halogens is 1. The first kappa shape index (κ1) is 15.5. The van der Waals surface area contributed by atoms with Crippen LogP contribution in [0.5, 0.6) is 0 Å². The predicted octanol–water partition coefficient (Wildman–Crippen LogP) is 2.49. The molecule has 3 rings (SSSR count). The molecule has 2 saturated carbocycles. The molecule has 0 atom stereocenters. The fraction of sp³-hybridized carbons (Fsp3) is 0.500. The molecule has 1 aromatic carbocycles. The average Bonchev–Trinajstić information content (AvgIpc) is 2.37. The highest BCUT2D eigenvalue weighted by Crippen LogP contribution is 2.55. The molecule has 2 aliphatic rings. The normalized spacial score (nSPS) is 30.6. The third kappa shape index (κ3) is 3.50. The summed E-state index contributed by atoms with van der Waals surface area (Å²) in [6, 6.07) is 6.89. The Morgan fingerprint density at radius 2 is 1.95 bits per heavy atom. The molecule has 4 nitrogen and oxygen atoms in total. The molecule has 2 fully saturated rings. The number of nitrogens with one attached hydrogen (secondary N) is 2. The van der Waals surface area contributed by atoms with Crippen molar-refractivity contribution in [1.29, 1.82) is 5.41 Å². The van der Waals surface area contributed by atoms with Crippen molar-refractivity contribution < 1.29 is 4.39 Å². The van der Waals surface area contributed by atoms with E-state index in [-0.39, 0.29) is 11.7 Å². The molecule has 6 heteroatoms. The Labute approximate surface area is 135 Å². The lowest BCUT2D eigenvalue weighted by Crippen LogP contribution is -2.59. The van der Waals surface area contributed by atoms with Gasteiger partial charge in [0.25, 0.3) is 0 Å². The van der Waals surface area contributed by atoms with Gasteiger partial charge >= 0.3 is 0 Å². The third-order valence-electron chi connectivity index (χ3n) is 4.61. The predicted molar refractivity (Wildman–Crippen MR) is 90.1 cm³/mol. The van der Waals surface area contributed by atoms with Crippen LogP contribution in [0.15, 0.2) is 29.3 Å². The summed E-state index contributed by atoms with van der Waals surface area (Å²) in [6.07, 6.45) is 4.86. The Hall–Kier alpha value is -1.40. The summed E-state index contributed by atoms with van der Waals surface area (Å²) in [6.45, 7) is 0. The van der Waals surface area contributed by atoms with Crippen LogP contribution in [0.25, 0.3) is 0 Å². The summed E-state index contributed by atoms with van der Waals surface area (Å²) < 4.78 is 12.8. The molecule has 0 aliphatic heterocycles. The van der Waals surface area contributed by atoms with Crippen LogP contribution in [-0.4, -0.2) is 23.1 Å². The summed E-state index contributed by atoms with van der Waals surface area (Å²) in [5, 5.41) is 11.6. The zero-order valence-corrected chi connectivity index (χ0v) is 13.2. The van der Waals surface area contributed by atoms with Crippen LogP contribution in [-0.2, 0) is 6.42 Å². The Morgan fingerprint density at radius 1 is 1.32 bits per heavy atom. The quantitative estimate of drug-likeness (QED) is 0.392. The van der Waals surface area contributed by atoms with Gasteiger partial charge < -0.3 is 11.1 Å². The highest BCUT2D eigenvalue weighted by atomic mass is 32.1. The van der Waals surface area contributed by atoms with E-state index in [0.717, 1.165) is 31.2 Å². The van der Waals surface area contributed by atoms with Crippen molar-refractivity contribution in [3.8, 4) is 0 Å². The van der Waals surface area contributed by atoms with Gasteiger partial charge in [0.1, 0.15) is 11.7 Å². The molecule has 2 aliphatic carbocycles. The van der Waals surface area contributed by atoms with E-state index in [4.69, 9.17) is 11.1 Å². The van der Waals surface area contributed by atoms with Crippen molar-refractivity contribution in [1.82, 2.24) is 5.32 Å². The number of hydrogen-bond acceptors (Lipinski definition) is 2. The van der Waals surface area contributed by atoms with Gasteiger partial charge in [-0.25, -0.2) is 9.38 Å². The maximum atomic E-state index is 12.8. The monoisotopic (exact) mass is 320 g/mol. The van der Waals surface area contributed by atoms with Gasteiger partial charge in [-0.15, -0.1) is 12.6 Å². The summed E-state index contributed by atoms with van der Waals surface area (Å²) >= 11 is 4.31. The molecule has 0 bridgehead atoms. The van der Waals surface area contributed by atoms with E-state index >= 15 is 0 Å². The maximum Gasteiger partial charge on any atom is 0.160 e. The molecule has 1 aromatic rings. The second-order valence-corrected chi connectivity index (χ2v) is 7.03. The van der Waals surface area contributed by atoms with E-state index in [0.29, 0.717) is 29.1 Å². The van der Waals surface area contributed by atoms with Gasteiger partial charge in [-0.3, -0.25) is 5.41 Å². The molecular weight excluding hydrogens is 299 g/mol. The molecule has 0 amide bonds. The number of nitrogens with two attached hydrogens (primary N) is 1. The molecule has 1 spiro atoms. The number of benzene rings is 1. The summed E-state index contributed by atoms with van der Waals surface area (Å²) in [5.74, 6) is -0.0613. The van der Waals surface area contributed by atoms with Crippen LogP contribution in [0, 0.1) is 16.6 Å². The van der Waals surface area contributed by atoms with Crippen LogP contribution in [0.1, 0.15) is 31.2 Å². The van der Waals surface area contributed by atoms with Gasteiger partial charge in [0.15, 0.2) is 5.17 Å². The molecule has 0 aromatic heterocycles. The van der Waals surface area contributed by atoms with Gasteiger partial charge in [0, 0.05) is 18.5 Å². The molecule has 4 N–H and O–H groups in total. The molecule has 118 valence electrons. The van der Waals surface area contributed by atoms with E-state index in [2.05, 4.69) is 22.9 Å². The second-order valence-electron chi connectivity index (χ2n) is 6.60. The van der Waals surface area contributed by atoms with Gasteiger partial charge in [0.05, 0.1) is 0 Å². The minimum absolute atomic E-state index is 0.212. The summed E-state index contributed by atoms with van der Waals surface area (Å²) in [4.78, 5) is 4.16. The molecule has 0 radical (unpaired) electrons. The number of hydrogen-bond donors (Lipinski definition) is 4. The van der Waals surface area contributed by atoms with Gasteiger partial charge in [-0.1, -0.05) is 12.1 Å². The molecule has 22 heavy (non-hydrogen) atoms. The molecule has 0 heterocycles. The minimum atomic E-state index is -0.273. The van der Waals surface area contributed by atoms with E-state index in [1.807, 2.05) is 0 Å². The highest BCUT2D eigenvalue weighted by molar-refractivity contribution is 7.96. The zero-order valence-electron chi connectivity index (χ0n) is 12.3. The van der Waals surface area contributed by atoms with Crippen LogP contribution in [0.2, 0.25) is 0 Å². The van der Waals surface area contributed by atoms with Crippen molar-refractivity contribution >= 4 is 23.6 Å². The van der Waals surface area contributed by atoms with Crippen LogP contribution in [0.3, 0.4) is 0 Å². The number of aliphatic imine (C=N–C) groups is 1. The summed E-state index contributed by atoms with van der Waals surface area (Å²) in [7, 11) is 0. The Morgan fingerprint density at radius 3 is 2.55 bits per heavy atom. The Kier molecular flexibility index (Phi) is 4.23. The highest BCUT2D eigenvalue weighted by Gasteiger charge is 2.51. The van der Waals surface area contributed by atoms with Crippen LogP contribution >= 0.6 is 12.6 Å². The first-order valence-electron chi connectivity index (χ1n) is 7.56. The average molecular weight is 320 g/mol. The van der Waals surface area contributed by atoms with Crippen molar-refractivity contribution in [2.45, 2.75) is 44.2 Å². The van der Waals surface area contributed by atoms with E-state index < -0.39 is 0 Å². The Balaban J connectivity index is 1.45. The maximum absolute atomic E-state index is 12.8. The zero-order chi connectivity index (χ0) is 15.7. The Bertz CT molecular complexity index is 585. The number of amidine groups is 2. The van der Waals surface area contributed by atoms with E-state index in [9.17, 15) is 4.39 Å². The fourth-order valence-corrected chi connectivity index (χ4v) is 3.95. The number of thiol groups is 1. The van der Waals surface area contributed by atoms with Crippen molar-refractivity contribution in [2.75, 3.05) is 0 Å². The lowest BCUT2D eigenvalue weighted by atomic mass is 9.52. The van der Waals surface area contributed by atoms with E-state index in [1.54, 1.807) is 12.1 Å². The first-order chi connectivity index (χ1) is 10.4. The largest absolute Gasteiger partial charge is 0.362 e. The fourth-order valence-electron chi connectivity index (χ4n) is 3.65. The molecular formula is C16H21FN4S. The first-order valence-corrected chi connectivity index (χ1v) is 8.00. The lowest BCUT2D eigenvalue weighted by Gasteiger charge is -2.57. The summed E-state index contributed by atoms with van der Waals surface area (Å²) in [5.41, 5.74) is 7.18. The minimum Gasteiger partial charge on any atom is -0.362 e. The van der Waals surface area contributed by atoms with Crippen molar-refractivity contribution in [3.05, 3.63) is 35.6 Å². The SMILES string of the molecule is N=C(Cc1ccc(F)cc1)/N=C(\S)NC1CC2(CC(N)C2)C1. The smallest absolute Gasteiger partial charge is 0.160 e. The van der Waals surface area contributed by atoms with E-state index in [1.165, 1.54) is 12.1 Å². The van der Waals surface area contributed by atoms with Crippen LogP contribution in [0.4, 0.5) is 4.39 Å². The lowest BCUT2D eigenvalue weighted by molar-refractivity contribution is -0.0115. The second kappa shape index (κ2) is 6.01. The van der Waals surface area contributed by atoms with Crippen molar-refractivity contribution in [2.24, 2.45) is 16.1 Å².